The van der Waals surface area contributed by atoms with Crippen molar-refractivity contribution in [1.29, 1.82) is 0 Å². The van der Waals surface area contributed by atoms with Gasteiger partial charge in [0, 0.05) is 12.1 Å². The Bertz CT molecular complexity index is 58.9. The van der Waals surface area contributed by atoms with E-state index in [0.717, 1.165) is 12.1 Å². The van der Waals surface area contributed by atoms with Crippen LogP contribution in [0.5, 0.6) is 0 Å². The first-order valence-corrected chi connectivity index (χ1v) is 3.23. The van der Waals surface area contributed by atoms with Crippen molar-refractivity contribution in [3.05, 3.63) is 0 Å². The van der Waals surface area contributed by atoms with Gasteiger partial charge in [0.2, 0.25) is 0 Å². The molecule has 0 aromatic heterocycles. The van der Waals surface area contributed by atoms with E-state index < -0.39 is 0 Å². The molecule has 8 heavy (non-hydrogen) atoms. The van der Waals surface area contributed by atoms with Gasteiger partial charge < -0.3 is 10.6 Å². The first-order valence-electron chi connectivity index (χ1n) is 3.23. The molecule has 0 aliphatic heterocycles. The largest absolute Gasteiger partial charge is 0.315 e. The van der Waals surface area contributed by atoms with Crippen molar-refractivity contribution in [2.45, 2.75) is 24.9 Å². The third-order valence-electron chi connectivity index (χ3n) is 2.02. The summed E-state index contributed by atoms with van der Waals surface area (Å²) in [7, 11) is 4.04. The van der Waals surface area contributed by atoms with Crippen molar-refractivity contribution in [2.75, 3.05) is 14.1 Å². The highest BCUT2D eigenvalue weighted by Crippen LogP contribution is 2.18. The Balaban J connectivity index is 2.16. The summed E-state index contributed by atoms with van der Waals surface area (Å²) in [6.07, 6.45) is 2.67. The van der Waals surface area contributed by atoms with Crippen LogP contribution in [0.25, 0.3) is 0 Å². The van der Waals surface area contributed by atoms with Gasteiger partial charge in [-0.25, -0.2) is 0 Å². The van der Waals surface area contributed by atoms with E-state index in [9.17, 15) is 0 Å². The van der Waals surface area contributed by atoms with Crippen LogP contribution in [0.1, 0.15) is 12.8 Å². The highest BCUT2D eigenvalue weighted by molar-refractivity contribution is 4.90. The van der Waals surface area contributed by atoms with E-state index in [1.54, 1.807) is 0 Å². The summed E-state index contributed by atoms with van der Waals surface area (Å²) in [5.41, 5.74) is 0. The number of rotatable bonds is 2. The van der Waals surface area contributed by atoms with E-state index >= 15 is 0 Å². The Morgan fingerprint density at radius 3 is 1.50 bits per heavy atom. The molecule has 0 bridgehead atoms. The Kier molecular flexibility index (Phi) is 1.86. The zero-order chi connectivity index (χ0) is 5.98. The highest BCUT2D eigenvalue weighted by Gasteiger charge is 2.26. The van der Waals surface area contributed by atoms with Crippen LogP contribution >= 0.6 is 0 Å². The molecule has 1 aliphatic carbocycles. The summed E-state index contributed by atoms with van der Waals surface area (Å²) in [6, 6.07) is 1.47. The molecule has 0 heterocycles. The van der Waals surface area contributed by atoms with E-state index in [1.165, 1.54) is 12.8 Å². The molecule has 2 atom stereocenters. The van der Waals surface area contributed by atoms with Crippen molar-refractivity contribution in [1.82, 2.24) is 10.6 Å². The lowest BCUT2D eigenvalue weighted by Gasteiger charge is -2.35. The van der Waals surface area contributed by atoms with Gasteiger partial charge in [-0.05, 0) is 26.9 Å². The third-order valence-corrected chi connectivity index (χ3v) is 2.02. The predicted octanol–water partition coefficient (Wildman–Crippen LogP) is -0.0438. The molecule has 2 nitrogen and oxygen atoms in total. The van der Waals surface area contributed by atoms with Gasteiger partial charge in [0.05, 0.1) is 0 Å². The first-order chi connectivity index (χ1) is 3.88. The fourth-order valence-corrected chi connectivity index (χ4v) is 1.19. The van der Waals surface area contributed by atoms with Crippen molar-refractivity contribution in [3.8, 4) is 0 Å². The molecule has 0 spiro atoms. The van der Waals surface area contributed by atoms with Crippen LogP contribution in [0.3, 0.4) is 0 Å². The van der Waals surface area contributed by atoms with Crippen molar-refractivity contribution in [2.24, 2.45) is 0 Å². The van der Waals surface area contributed by atoms with Crippen LogP contribution in [0.4, 0.5) is 0 Å². The lowest BCUT2D eigenvalue weighted by molar-refractivity contribution is 0.264. The maximum atomic E-state index is 3.24. The van der Waals surface area contributed by atoms with Gasteiger partial charge in [-0.2, -0.15) is 0 Å². The SMILES string of the molecule is CN[C@H]1CC[C@@H]1NC. The summed E-state index contributed by atoms with van der Waals surface area (Å²) in [6.45, 7) is 0. The van der Waals surface area contributed by atoms with Crippen LogP contribution in [-0.4, -0.2) is 26.2 Å². The smallest absolute Gasteiger partial charge is 0.0218 e. The molecule has 48 valence electrons. The molecule has 1 fully saturated rings. The van der Waals surface area contributed by atoms with Crippen molar-refractivity contribution in [3.63, 3.8) is 0 Å². The van der Waals surface area contributed by atoms with E-state index in [-0.39, 0.29) is 0 Å². The van der Waals surface area contributed by atoms with Gasteiger partial charge in [-0.15, -0.1) is 0 Å². The summed E-state index contributed by atoms with van der Waals surface area (Å²) < 4.78 is 0. The van der Waals surface area contributed by atoms with Crippen LogP contribution in [-0.2, 0) is 0 Å². The highest BCUT2D eigenvalue weighted by atomic mass is 15.0. The summed E-state index contributed by atoms with van der Waals surface area (Å²) in [5.74, 6) is 0. The second kappa shape index (κ2) is 2.46. The number of hydrogen-bond acceptors (Lipinski definition) is 2. The topological polar surface area (TPSA) is 24.1 Å². The van der Waals surface area contributed by atoms with E-state index in [1.807, 2.05) is 14.1 Å². The van der Waals surface area contributed by atoms with Crippen molar-refractivity contribution >= 4 is 0 Å². The zero-order valence-electron chi connectivity index (χ0n) is 5.57. The minimum atomic E-state index is 0.736. The molecule has 1 rings (SSSR count). The third kappa shape index (κ3) is 0.858. The Labute approximate surface area is 50.7 Å². The molecule has 0 aromatic rings. The molecule has 2 N–H and O–H groups in total. The van der Waals surface area contributed by atoms with Crippen LogP contribution < -0.4 is 10.6 Å². The van der Waals surface area contributed by atoms with E-state index in [4.69, 9.17) is 0 Å². The maximum absolute atomic E-state index is 3.24. The molecule has 1 saturated carbocycles. The lowest BCUT2D eigenvalue weighted by Crippen LogP contribution is -2.52. The van der Waals surface area contributed by atoms with Gasteiger partial charge in [-0.3, -0.25) is 0 Å². The van der Waals surface area contributed by atoms with E-state index in [2.05, 4.69) is 10.6 Å². The summed E-state index contributed by atoms with van der Waals surface area (Å²) >= 11 is 0. The fourth-order valence-electron chi connectivity index (χ4n) is 1.19. The average molecular weight is 114 g/mol. The van der Waals surface area contributed by atoms with Gasteiger partial charge in [0.25, 0.3) is 0 Å². The predicted molar refractivity (Wildman–Crippen MR) is 34.9 cm³/mol. The summed E-state index contributed by atoms with van der Waals surface area (Å²) in [4.78, 5) is 0. The molecular weight excluding hydrogens is 100 g/mol. The molecule has 0 unspecified atom stereocenters. The second-order valence-corrected chi connectivity index (χ2v) is 2.37. The number of nitrogens with one attached hydrogen (secondary N) is 2. The van der Waals surface area contributed by atoms with Gasteiger partial charge >= 0.3 is 0 Å². The molecule has 0 saturated heterocycles. The lowest BCUT2D eigenvalue weighted by atomic mass is 9.87. The summed E-state index contributed by atoms with van der Waals surface area (Å²) in [5, 5.41) is 6.48. The molecule has 0 radical (unpaired) electrons. The molecule has 0 amide bonds. The zero-order valence-corrected chi connectivity index (χ0v) is 5.57. The monoisotopic (exact) mass is 114 g/mol. The number of hydrogen-bond donors (Lipinski definition) is 2. The second-order valence-electron chi connectivity index (χ2n) is 2.37. The van der Waals surface area contributed by atoms with Gasteiger partial charge in [0.1, 0.15) is 0 Å². The van der Waals surface area contributed by atoms with Gasteiger partial charge in [-0.1, -0.05) is 0 Å². The quantitative estimate of drug-likeness (QED) is 0.526. The Hall–Kier alpha value is -0.0800. The number of likely N-dealkylation sites (N-methyl/N-ethyl adjacent to an activating group) is 2. The van der Waals surface area contributed by atoms with Crippen molar-refractivity contribution < 1.29 is 0 Å². The molecule has 2 heteroatoms. The standard InChI is InChI=1S/C6H14N2/c1-7-5-3-4-6(5)8-2/h5-8H,3-4H2,1-2H3/t5-,6-/m0/s1. The van der Waals surface area contributed by atoms with Crippen LogP contribution in [0, 0.1) is 0 Å². The molecule has 1 aliphatic rings. The Morgan fingerprint density at radius 1 is 1.00 bits per heavy atom. The fraction of sp³-hybridized carbons (Fsp3) is 1.00. The average Bonchev–Trinajstić information content (AvgIpc) is 1.66. The Morgan fingerprint density at radius 2 is 1.38 bits per heavy atom. The first kappa shape index (κ1) is 6.05. The minimum Gasteiger partial charge on any atom is -0.315 e. The minimum absolute atomic E-state index is 0.736. The van der Waals surface area contributed by atoms with Crippen LogP contribution in [0.15, 0.2) is 0 Å². The molecule has 0 aromatic carbocycles. The van der Waals surface area contributed by atoms with Gasteiger partial charge in [0.15, 0.2) is 0 Å². The molecular formula is C6H14N2. The van der Waals surface area contributed by atoms with Crippen LogP contribution in [0.2, 0.25) is 0 Å². The normalized spacial score (nSPS) is 36.8. The van der Waals surface area contributed by atoms with E-state index in [0.29, 0.717) is 0 Å². The maximum Gasteiger partial charge on any atom is 0.0218 e.